The summed E-state index contributed by atoms with van der Waals surface area (Å²) in [7, 11) is 0. The first-order chi connectivity index (χ1) is 5.75. The Morgan fingerprint density at radius 2 is 2.00 bits per heavy atom. The van der Waals surface area contributed by atoms with E-state index in [4.69, 9.17) is 15.6 Å². The van der Waals surface area contributed by atoms with Gasteiger partial charge in [-0.25, -0.2) is 0 Å². The molecular formula is C8H12N2O2. The molecule has 0 unspecified atom stereocenters. The minimum Gasteiger partial charge on any atom is -0.465 e. The van der Waals surface area contributed by atoms with Gasteiger partial charge >= 0.3 is 5.97 Å². The zero-order valence-corrected chi connectivity index (χ0v) is 6.80. The van der Waals surface area contributed by atoms with Crippen LogP contribution in [0.5, 0.6) is 0 Å². The van der Waals surface area contributed by atoms with E-state index in [0.717, 1.165) is 25.3 Å². The lowest BCUT2D eigenvalue weighted by atomic mass is 9.86. The van der Waals surface area contributed by atoms with Crippen molar-refractivity contribution in [2.45, 2.75) is 19.3 Å². The summed E-state index contributed by atoms with van der Waals surface area (Å²) in [5.41, 5.74) is -1.07. The van der Waals surface area contributed by atoms with Gasteiger partial charge in [-0.2, -0.15) is 0 Å². The maximum atomic E-state index is 11.3. The van der Waals surface area contributed by atoms with E-state index in [9.17, 15) is 4.79 Å². The van der Waals surface area contributed by atoms with Crippen molar-refractivity contribution in [2.75, 3.05) is 6.61 Å². The Balaban J connectivity index is 2.87. The van der Waals surface area contributed by atoms with Gasteiger partial charge in [0.05, 0.1) is 6.61 Å². The molecule has 1 fully saturated rings. The smallest absolute Gasteiger partial charge is 0.322 e. The summed E-state index contributed by atoms with van der Waals surface area (Å²) in [4.78, 5) is 11.3. The quantitative estimate of drug-likeness (QED) is 0.476. The van der Waals surface area contributed by atoms with Crippen molar-refractivity contribution in [1.82, 2.24) is 0 Å². The highest BCUT2D eigenvalue weighted by molar-refractivity contribution is 6.09. The third-order valence-corrected chi connectivity index (χ3v) is 2.11. The van der Waals surface area contributed by atoms with E-state index >= 15 is 0 Å². The highest BCUT2D eigenvalue weighted by atomic mass is 16.5. The molecule has 1 aliphatic rings. The number of nitrogens with one attached hydrogen (secondary N) is 2. The van der Waals surface area contributed by atoms with Crippen LogP contribution < -0.4 is 0 Å². The molecule has 2 N–H and O–H groups in total. The maximum absolute atomic E-state index is 11.3. The first-order valence-electron chi connectivity index (χ1n) is 3.96. The molecule has 1 rings (SSSR count). The molecule has 0 saturated carbocycles. The highest BCUT2D eigenvalue weighted by Crippen LogP contribution is 2.24. The predicted octanol–water partition coefficient (Wildman–Crippen LogP) is 0.999. The Kier molecular flexibility index (Phi) is 2.58. The van der Waals surface area contributed by atoms with Crippen molar-refractivity contribution < 1.29 is 9.53 Å². The first-order valence-corrected chi connectivity index (χ1v) is 3.96. The zero-order valence-electron chi connectivity index (χ0n) is 6.80. The van der Waals surface area contributed by atoms with Crippen LogP contribution in [0, 0.1) is 16.2 Å². The van der Waals surface area contributed by atoms with Crippen molar-refractivity contribution in [3.05, 3.63) is 0 Å². The van der Waals surface area contributed by atoms with Gasteiger partial charge in [0.2, 0.25) is 0 Å². The van der Waals surface area contributed by atoms with Crippen molar-refractivity contribution in [2.24, 2.45) is 5.41 Å². The lowest BCUT2D eigenvalue weighted by molar-refractivity contribution is -0.147. The number of esters is 1. The van der Waals surface area contributed by atoms with E-state index < -0.39 is 11.4 Å². The fourth-order valence-corrected chi connectivity index (χ4v) is 1.22. The summed E-state index contributed by atoms with van der Waals surface area (Å²) in [6.45, 7) is 0.419. The van der Waals surface area contributed by atoms with Gasteiger partial charge in [0, 0.05) is 12.4 Å². The summed E-state index contributed by atoms with van der Waals surface area (Å²) in [6, 6.07) is 0. The third-order valence-electron chi connectivity index (χ3n) is 2.11. The molecule has 12 heavy (non-hydrogen) atoms. The predicted molar refractivity (Wildman–Crippen MR) is 44.8 cm³/mol. The molecule has 4 nitrogen and oxygen atoms in total. The number of rotatable bonds is 2. The molecule has 1 saturated heterocycles. The molecular weight excluding hydrogens is 156 g/mol. The molecule has 0 radical (unpaired) electrons. The molecule has 4 heteroatoms. The largest absolute Gasteiger partial charge is 0.465 e. The maximum Gasteiger partial charge on any atom is 0.322 e. The second kappa shape index (κ2) is 3.47. The number of hydrogen-bond acceptors (Lipinski definition) is 4. The van der Waals surface area contributed by atoms with Crippen LogP contribution in [0.2, 0.25) is 0 Å². The highest BCUT2D eigenvalue weighted by Gasteiger charge is 2.37. The monoisotopic (exact) mass is 168 g/mol. The van der Waals surface area contributed by atoms with E-state index in [0.29, 0.717) is 13.0 Å². The van der Waals surface area contributed by atoms with Gasteiger partial charge in [-0.3, -0.25) is 4.79 Å². The zero-order chi connectivity index (χ0) is 9.03. The van der Waals surface area contributed by atoms with E-state index in [1.165, 1.54) is 0 Å². The van der Waals surface area contributed by atoms with Gasteiger partial charge in [0.1, 0.15) is 5.41 Å². The van der Waals surface area contributed by atoms with Gasteiger partial charge in [-0.15, -0.1) is 0 Å². The van der Waals surface area contributed by atoms with Gasteiger partial charge < -0.3 is 15.6 Å². The standard InChI is InChI=1S/C8H12N2O2/c9-5-8(6-10)3-1-2-4-12-7(8)11/h5-6,9-10H,1-4H2. The van der Waals surface area contributed by atoms with Crippen molar-refractivity contribution in [3.8, 4) is 0 Å². The van der Waals surface area contributed by atoms with E-state index in [-0.39, 0.29) is 0 Å². The van der Waals surface area contributed by atoms with Crippen LogP contribution in [-0.4, -0.2) is 25.0 Å². The van der Waals surface area contributed by atoms with E-state index in [1.807, 2.05) is 0 Å². The second-order valence-electron chi connectivity index (χ2n) is 2.92. The van der Waals surface area contributed by atoms with Gasteiger partial charge in [0.25, 0.3) is 0 Å². The third kappa shape index (κ3) is 1.37. The molecule has 0 bridgehead atoms. The average Bonchev–Trinajstić information content (AvgIpc) is 2.28. The van der Waals surface area contributed by atoms with Crippen molar-refractivity contribution >= 4 is 18.4 Å². The van der Waals surface area contributed by atoms with E-state index in [2.05, 4.69) is 0 Å². The van der Waals surface area contributed by atoms with Crippen LogP contribution >= 0.6 is 0 Å². The van der Waals surface area contributed by atoms with Crippen LogP contribution in [0.4, 0.5) is 0 Å². The van der Waals surface area contributed by atoms with Gasteiger partial charge in [-0.1, -0.05) is 0 Å². The minimum absolute atomic E-state index is 0.419. The topological polar surface area (TPSA) is 74.0 Å². The number of carbonyl (C=O) groups is 1. The molecule has 0 aromatic heterocycles. The summed E-state index contributed by atoms with van der Waals surface area (Å²) < 4.78 is 4.86. The molecule has 1 aliphatic heterocycles. The average molecular weight is 168 g/mol. The molecule has 0 aliphatic carbocycles. The molecule has 0 aromatic rings. The Morgan fingerprint density at radius 3 is 2.58 bits per heavy atom. The number of cyclic esters (lactones) is 1. The minimum atomic E-state index is -1.07. The van der Waals surface area contributed by atoms with Crippen LogP contribution in [0.3, 0.4) is 0 Å². The van der Waals surface area contributed by atoms with Crippen LogP contribution in [-0.2, 0) is 9.53 Å². The van der Waals surface area contributed by atoms with Crippen LogP contribution in [0.1, 0.15) is 19.3 Å². The summed E-state index contributed by atoms with van der Waals surface area (Å²) in [5.74, 6) is -0.454. The molecule has 0 spiro atoms. The van der Waals surface area contributed by atoms with Gasteiger partial charge in [-0.05, 0) is 19.3 Å². The number of carbonyl (C=O) groups excluding carboxylic acids is 1. The molecule has 66 valence electrons. The van der Waals surface area contributed by atoms with Crippen LogP contribution in [0.25, 0.3) is 0 Å². The first kappa shape index (κ1) is 8.90. The van der Waals surface area contributed by atoms with Crippen molar-refractivity contribution in [1.29, 1.82) is 10.8 Å². The van der Waals surface area contributed by atoms with Crippen molar-refractivity contribution in [3.63, 3.8) is 0 Å². The fourth-order valence-electron chi connectivity index (χ4n) is 1.22. The Bertz CT molecular complexity index is 205. The Morgan fingerprint density at radius 1 is 1.33 bits per heavy atom. The number of hydrogen-bond donors (Lipinski definition) is 2. The van der Waals surface area contributed by atoms with E-state index in [1.54, 1.807) is 0 Å². The summed E-state index contributed by atoms with van der Waals surface area (Å²) in [5, 5.41) is 14.2. The fraction of sp³-hybridized carbons (Fsp3) is 0.625. The second-order valence-corrected chi connectivity index (χ2v) is 2.92. The molecule has 1 heterocycles. The van der Waals surface area contributed by atoms with Crippen LogP contribution in [0.15, 0.2) is 0 Å². The molecule has 0 aromatic carbocycles. The molecule has 0 amide bonds. The summed E-state index contributed by atoms with van der Waals surface area (Å²) in [6.07, 6.45) is 4.20. The number of ether oxygens (including phenoxy) is 1. The molecule has 0 atom stereocenters. The Hall–Kier alpha value is -1.19. The normalized spacial score (nSPS) is 30.2. The summed E-state index contributed by atoms with van der Waals surface area (Å²) >= 11 is 0. The van der Waals surface area contributed by atoms with Gasteiger partial charge in [0.15, 0.2) is 0 Å². The SMILES string of the molecule is N=CC1(C=N)CCCCOC1=O. The Labute approximate surface area is 70.9 Å². The lowest BCUT2D eigenvalue weighted by Gasteiger charge is -2.18. The lowest BCUT2D eigenvalue weighted by Crippen LogP contribution is -2.34.